The van der Waals surface area contributed by atoms with Crippen molar-refractivity contribution in [3.63, 3.8) is 0 Å². The van der Waals surface area contributed by atoms with Crippen LogP contribution in [0, 0.1) is 6.92 Å². The molecule has 2 heterocycles. The first-order valence-corrected chi connectivity index (χ1v) is 4.93. The molecule has 0 radical (unpaired) electrons. The average molecular weight is 233 g/mol. The molecule has 0 bridgehead atoms. The summed E-state index contributed by atoms with van der Waals surface area (Å²) in [6.07, 6.45) is 1.43. The summed E-state index contributed by atoms with van der Waals surface area (Å²) in [5.74, 6) is -0.0378. The van der Waals surface area contributed by atoms with Crippen LogP contribution < -0.4 is 4.74 Å². The maximum atomic E-state index is 10.9. The second kappa shape index (κ2) is 4.25. The van der Waals surface area contributed by atoms with Crippen LogP contribution in [-0.4, -0.2) is 33.0 Å². The lowest BCUT2D eigenvalue weighted by molar-refractivity contribution is 0.0696. The molecule has 0 amide bonds. The van der Waals surface area contributed by atoms with Crippen LogP contribution in [0.25, 0.3) is 5.82 Å². The Labute approximate surface area is 97.5 Å². The normalized spacial score (nSPS) is 10.2. The number of carboxylic acids is 1. The van der Waals surface area contributed by atoms with Gasteiger partial charge in [0.1, 0.15) is 5.56 Å². The summed E-state index contributed by atoms with van der Waals surface area (Å²) in [6.45, 7) is 1.64. The lowest BCUT2D eigenvalue weighted by Crippen LogP contribution is -1.99. The number of carbonyl (C=O) groups is 1. The summed E-state index contributed by atoms with van der Waals surface area (Å²) in [7, 11) is 1.52. The molecule has 0 aromatic carbocycles. The van der Waals surface area contributed by atoms with Crippen LogP contribution in [0.4, 0.5) is 0 Å². The molecule has 0 saturated carbocycles. The van der Waals surface area contributed by atoms with E-state index in [-0.39, 0.29) is 5.56 Å². The van der Waals surface area contributed by atoms with Gasteiger partial charge in [-0.25, -0.2) is 9.48 Å². The van der Waals surface area contributed by atoms with Crippen LogP contribution in [0.15, 0.2) is 24.4 Å². The Morgan fingerprint density at radius 2 is 2.24 bits per heavy atom. The monoisotopic (exact) mass is 233 g/mol. The highest BCUT2D eigenvalue weighted by Crippen LogP contribution is 2.13. The maximum absolute atomic E-state index is 10.9. The molecule has 0 aliphatic carbocycles. The van der Waals surface area contributed by atoms with Crippen molar-refractivity contribution in [3.05, 3.63) is 35.7 Å². The number of carboxylic acid groups (broad SMARTS) is 1. The Hall–Kier alpha value is -2.37. The first kappa shape index (κ1) is 11.1. The maximum Gasteiger partial charge on any atom is 0.339 e. The molecule has 2 aromatic rings. The number of pyridine rings is 1. The number of hydrogen-bond donors (Lipinski definition) is 1. The largest absolute Gasteiger partial charge is 0.481 e. The number of aromatic carboxylic acids is 1. The summed E-state index contributed by atoms with van der Waals surface area (Å²) >= 11 is 0. The standard InChI is InChI=1S/C11H11N3O3/c1-7-8(11(15)16)6-14(13-7)9-4-3-5-10(12-9)17-2/h3-6H,1-2H3,(H,15,16). The molecule has 0 atom stereocenters. The molecule has 0 aliphatic heterocycles. The van der Waals surface area contributed by atoms with Crippen LogP contribution in [0.2, 0.25) is 0 Å². The SMILES string of the molecule is COc1cccc(-n2cc(C(=O)O)c(C)n2)n1. The van der Waals surface area contributed by atoms with Gasteiger partial charge in [0.2, 0.25) is 5.88 Å². The predicted molar refractivity (Wildman–Crippen MR) is 59.6 cm³/mol. The van der Waals surface area contributed by atoms with E-state index >= 15 is 0 Å². The van der Waals surface area contributed by atoms with Crippen LogP contribution in [0.1, 0.15) is 16.1 Å². The van der Waals surface area contributed by atoms with Crippen molar-refractivity contribution in [3.8, 4) is 11.7 Å². The minimum Gasteiger partial charge on any atom is -0.481 e. The van der Waals surface area contributed by atoms with Gasteiger partial charge in [-0.3, -0.25) is 0 Å². The molecule has 2 rings (SSSR count). The molecule has 17 heavy (non-hydrogen) atoms. The van der Waals surface area contributed by atoms with E-state index in [9.17, 15) is 4.79 Å². The fourth-order valence-electron chi connectivity index (χ4n) is 1.43. The molecule has 0 aliphatic rings. The molecular formula is C11H11N3O3. The highest BCUT2D eigenvalue weighted by molar-refractivity contribution is 5.88. The Kier molecular flexibility index (Phi) is 2.78. The van der Waals surface area contributed by atoms with Crippen molar-refractivity contribution in [2.45, 2.75) is 6.92 Å². The highest BCUT2D eigenvalue weighted by atomic mass is 16.5. The molecule has 0 spiro atoms. The van der Waals surface area contributed by atoms with Gasteiger partial charge in [-0.05, 0) is 13.0 Å². The average Bonchev–Trinajstić information content (AvgIpc) is 2.71. The van der Waals surface area contributed by atoms with Crippen molar-refractivity contribution >= 4 is 5.97 Å². The number of hydrogen-bond acceptors (Lipinski definition) is 4. The predicted octanol–water partition coefficient (Wildman–Crippen LogP) is 1.28. The third-order valence-corrected chi connectivity index (χ3v) is 2.28. The summed E-state index contributed by atoms with van der Waals surface area (Å²) < 4.78 is 6.41. The van der Waals surface area contributed by atoms with E-state index in [4.69, 9.17) is 9.84 Å². The van der Waals surface area contributed by atoms with Crippen LogP contribution in [0.3, 0.4) is 0 Å². The number of ether oxygens (including phenoxy) is 1. The number of nitrogens with zero attached hydrogens (tertiary/aromatic N) is 3. The topological polar surface area (TPSA) is 77.2 Å². The molecule has 2 aromatic heterocycles. The number of methoxy groups -OCH3 is 1. The number of aromatic nitrogens is 3. The fraction of sp³-hybridized carbons (Fsp3) is 0.182. The van der Waals surface area contributed by atoms with Crippen LogP contribution >= 0.6 is 0 Å². The van der Waals surface area contributed by atoms with Gasteiger partial charge in [0.05, 0.1) is 12.8 Å². The minimum absolute atomic E-state index is 0.162. The van der Waals surface area contributed by atoms with Gasteiger partial charge in [-0.1, -0.05) is 6.07 Å². The molecule has 88 valence electrons. The molecule has 0 saturated heterocycles. The van der Waals surface area contributed by atoms with E-state index in [1.807, 2.05) is 0 Å². The highest BCUT2D eigenvalue weighted by Gasteiger charge is 2.13. The smallest absolute Gasteiger partial charge is 0.339 e. The van der Waals surface area contributed by atoms with Crippen molar-refractivity contribution in [1.82, 2.24) is 14.8 Å². The quantitative estimate of drug-likeness (QED) is 0.864. The molecule has 1 N–H and O–H groups in total. The van der Waals surface area contributed by atoms with Crippen molar-refractivity contribution < 1.29 is 14.6 Å². The summed E-state index contributed by atoms with van der Waals surface area (Å²) in [5.41, 5.74) is 0.608. The Morgan fingerprint density at radius 3 is 2.82 bits per heavy atom. The molecule has 6 nitrogen and oxygen atoms in total. The zero-order chi connectivity index (χ0) is 12.4. The first-order valence-electron chi connectivity index (χ1n) is 4.93. The van der Waals surface area contributed by atoms with Crippen LogP contribution in [-0.2, 0) is 0 Å². The van der Waals surface area contributed by atoms with E-state index < -0.39 is 5.97 Å². The van der Waals surface area contributed by atoms with Gasteiger partial charge in [-0.15, -0.1) is 0 Å². The van der Waals surface area contributed by atoms with Crippen molar-refractivity contribution in [2.24, 2.45) is 0 Å². The van der Waals surface area contributed by atoms with E-state index in [0.717, 1.165) is 0 Å². The van der Waals surface area contributed by atoms with Gasteiger partial charge >= 0.3 is 5.97 Å². The molecular weight excluding hydrogens is 222 g/mol. The van der Waals surface area contributed by atoms with E-state index in [2.05, 4.69) is 10.1 Å². The second-order valence-corrected chi connectivity index (χ2v) is 3.42. The zero-order valence-corrected chi connectivity index (χ0v) is 9.41. The van der Waals surface area contributed by atoms with Crippen LogP contribution in [0.5, 0.6) is 5.88 Å². The van der Waals surface area contributed by atoms with E-state index in [1.165, 1.54) is 18.0 Å². The first-order chi connectivity index (χ1) is 8.11. The third-order valence-electron chi connectivity index (χ3n) is 2.28. The second-order valence-electron chi connectivity index (χ2n) is 3.42. The summed E-state index contributed by atoms with van der Waals surface area (Å²) in [6, 6.07) is 5.19. The fourth-order valence-corrected chi connectivity index (χ4v) is 1.43. The lowest BCUT2D eigenvalue weighted by Gasteiger charge is -2.02. The summed E-state index contributed by atoms with van der Waals surface area (Å²) in [5, 5.41) is 13.0. The van der Waals surface area contributed by atoms with Crippen molar-refractivity contribution in [1.29, 1.82) is 0 Å². The molecule has 0 unspecified atom stereocenters. The molecule has 6 heteroatoms. The van der Waals surface area contributed by atoms with Gasteiger partial charge in [0.15, 0.2) is 5.82 Å². The lowest BCUT2D eigenvalue weighted by atomic mass is 10.3. The van der Waals surface area contributed by atoms with E-state index in [1.54, 1.807) is 25.1 Å². The van der Waals surface area contributed by atoms with Crippen molar-refractivity contribution in [2.75, 3.05) is 7.11 Å². The Morgan fingerprint density at radius 1 is 1.47 bits per heavy atom. The third kappa shape index (κ3) is 2.10. The summed E-state index contributed by atoms with van der Waals surface area (Å²) in [4.78, 5) is 15.1. The molecule has 0 fully saturated rings. The van der Waals surface area contributed by atoms with Gasteiger partial charge < -0.3 is 9.84 Å². The van der Waals surface area contributed by atoms with Gasteiger partial charge in [0, 0.05) is 12.3 Å². The van der Waals surface area contributed by atoms with Gasteiger partial charge in [0.25, 0.3) is 0 Å². The minimum atomic E-state index is -1.00. The number of rotatable bonds is 3. The Bertz CT molecular complexity index is 563. The zero-order valence-electron chi connectivity index (χ0n) is 9.41. The Balaban J connectivity index is 2.46. The van der Waals surface area contributed by atoms with Gasteiger partial charge in [-0.2, -0.15) is 10.1 Å². The van der Waals surface area contributed by atoms with E-state index in [0.29, 0.717) is 17.4 Å². The number of aryl methyl sites for hydroxylation is 1.